The van der Waals surface area contributed by atoms with Crippen molar-refractivity contribution in [1.29, 1.82) is 0 Å². The van der Waals surface area contributed by atoms with Crippen molar-refractivity contribution in [3.8, 4) is 5.75 Å². The van der Waals surface area contributed by atoms with Crippen molar-refractivity contribution in [3.63, 3.8) is 0 Å². The third-order valence-corrected chi connectivity index (χ3v) is 11.1. The monoisotopic (exact) mass is 688 g/mol. The highest BCUT2D eigenvalue weighted by Gasteiger charge is 2.58. The van der Waals surface area contributed by atoms with Crippen LogP contribution in [0, 0.1) is 17.8 Å². The second kappa shape index (κ2) is 14.6. The first-order valence-electron chi connectivity index (χ1n) is 17.1. The third-order valence-electron chi connectivity index (χ3n) is 10.6. The molecule has 3 heterocycles. The van der Waals surface area contributed by atoms with E-state index >= 15 is 0 Å². The lowest BCUT2D eigenvalue weighted by molar-refractivity contribution is -0.144. The van der Waals surface area contributed by atoms with Gasteiger partial charge in [-0.15, -0.1) is 0 Å². The molecule has 2 aromatic rings. The van der Waals surface area contributed by atoms with E-state index in [-0.39, 0.29) is 41.5 Å². The molecule has 3 fully saturated rings. The molecule has 0 bridgehead atoms. The van der Waals surface area contributed by atoms with Crippen molar-refractivity contribution in [1.82, 2.24) is 9.80 Å². The average molecular weight is 690 g/mol. The summed E-state index contributed by atoms with van der Waals surface area (Å²) in [6.07, 6.45) is 8.39. The number of phenolic OH excluding ortho intramolecular Hbond substituents is 1. The normalized spacial score (nSPS) is 26.1. The molecule has 3 aliphatic heterocycles. The molecule has 244 valence electrons. The summed E-state index contributed by atoms with van der Waals surface area (Å²) < 4.78 is 7.13. The van der Waals surface area contributed by atoms with E-state index in [2.05, 4.69) is 65.0 Å². The lowest BCUT2D eigenvalue weighted by Gasteiger charge is -2.43. The van der Waals surface area contributed by atoms with Crippen LogP contribution in [0.5, 0.6) is 5.75 Å². The predicted molar refractivity (Wildman–Crippen MR) is 185 cm³/mol. The minimum Gasteiger partial charge on any atom is -0.507 e. The van der Waals surface area contributed by atoms with Crippen molar-refractivity contribution >= 4 is 40.9 Å². The molecule has 2 N–H and O–H groups in total. The molecule has 0 saturated carbocycles. The summed E-state index contributed by atoms with van der Waals surface area (Å²) in [6, 6.07) is 15.8. The standard InChI is InChI=1S/C37H46BBrN2O5/c1-3-8-24(19-27-20-28(39)12-13-32(27)42)11-14-33-34-26(4-2)21-30-35(31(34)22-38(45)46-33)37(44)41(36(30)43)29-15-17-40(18-16-29)23-25-9-6-5-7-10-25/h5-7,9-10,12-13,19-20,29-31,33,35,42,45H,3-4,8,11,14-18,21-23H2,1-2H3/b24-19+/t30-,31+,33-,35-/m1/s1. The summed E-state index contributed by atoms with van der Waals surface area (Å²) in [5.74, 6) is -0.772. The van der Waals surface area contributed by atoms with E-state index in [1.54, 1.807) is 11.0 Å². The number of amides is 2. The zero-order chi connectivity index (χ0) is 32.4. The zero-order valence-corrected chi connectivity index (χ0v) is 28.6. The van der Waals surface area contributed by atoms with Gasteiger partial charge in [-0.2, -0.15) is 0 Å². The largest absolute Gasteiger partial charge is 0.507 e. The summed E-state index contributed by atoms with van der Waals surface area (Å²) >= 11 is 3.51. The number of aromatic hydroxyl groups is 1. The molecule has 2 amide bonds. The zero-order valence-electron chi connectivity index (χ0n) is 27.0. The highest BCUT2D eigenvalue weighted by atomic mass is 79.9. The van der Waals surface area contributed by atoms with Gasteiger partial charge in [-0.1, -0.05) is 83.8 Å². The first-order valence-corrected chi connectivity index (χ1v) is 17.9. The van der Waals surface area contributed by atoms with Crippen LogP contribution in [-0.2, 0) is 20.8 Å². The number of carbonyl (C=O) groups excluding carboxylic acids is 2. The number of nitrogens with zero attached hydrogens (tertiary/aromatic N) is 2. The topological polar surface area (TPSA) is 90.3 Å². The first-order chi connectivity index (χ1) is 22.3. The average Bonchev–Trinajstić information content (AvgIpc) is 3.30. The van der Waals surface area contributed by atoms with E-state index in [1.165, 1.54) is 16.7 Å². The Hall–Kier alpha value is -2.72. The summed E-state index contributed by atoms with van der Waals surface area (Å²) in [5, 5.41) is 21.4. The van der Waals surface area contributed by atoms with E-state index in [0.29, 0.717) is 19.2 Å². The molecule has 46 heavy (non-hydrogen) atoms. The quantitative estimate of drug-likeness (QED) is 0.159. The highest BCUT2D eigenvalue weighted by molar-refractivity contribution is 9.10. The number of rotatable bonds is 10. The SMILES string of the molecule is CCC/C(=C\c1cc(Br)ccc1O)CC[C@H]1OB(O)C[C@H]2C1=C(CC)C[C@H]1C(=O)N(C3CCN(Cc4ccccc4)CC3)C(=O)[C@H]12. The van der Waals surface area contributed by atoms with Crippen LogP contribution in [0.4, 0.5) is 0 Å². The number of hydrogen-bond donors (Lipinski definition) is 2. The van der Waals surface area contributed by atoms with Gasteiger partial charge in [-0.05, 0) is 86.5 Å². The van der Waals surface area contributed by atoms with Gasteiger partial charge in [0, 0.05) is 35.7 Å². The lowest BCUT2D eigenvalue weighted by atomic mass is 9.58. The van der Waals surface area contributed by atoms with Gasteiger partial charge in [0.15, 0.2) is 0 Å². The van der Waals surface area contributed by atoms with E-state index in [1.807, 2.05) is 18.2 Å². The van der Waals surface area contributed by atoms with Crippen molar-refractivity contribution < 1.29 is 24.4 Å². The maximum absolute atomic E-state index is 14.2. The van der Waals surface area contributed by atoms with Gasteiger partial charge in [0.05, 0.1) is 17.9 Å². The van der Waals surface area contributed by atoms with Crippen LogP contribution < -0.4 is 0 Å². The Kier molecular flexibility index (Phi) is 10.5. The number of phenols is 1. The van der Waals surface area contributed by atoms with Crippen LogP contribution >= 0.6 is 15.9 Å². The number of fused-ring (bicyclic) bond motifs is 3. The molecule has 4 atom stereocenters. The van der Waals surface area contributed by atoms with E-state index in [0.717, 1.165) is 73.8 Å². The summed E-state index contributed by atoms with van der Waals surface area (Å²) in [4.78, 5) is 32.2. The fourth-order valence-corrected chi connectivity index (χ4v) is 8.81. The van der Waals surface area contributed by atoms with Crippen molar-refractivity contribution in [2.45, 2.75) is 90.2 Å². The van der Waals surface area contributed by atoms with Crippen LogP contribution in [0.3, 0.4) is 0 Å². The van der Waals surface area contributed by atoms with Crippen LogP contribution in [-0.4, -0.2) is 64.1 Å². The molecular formula is C37H46BBrN2O5. The van der Waals surface area contributed by atoms with Crippen LogP contribution in [0.25, 0.3) is 6.08 Å². The smallest absolute Gasteiger partial charge is 0.455 e. The molecule has 0 spiro atoms. The number of likely N-dealkylation sites (tertiary alicyclic amines) is 2. The van der Waals surface area contributed by atoms with Crippen LogP contribution in [0.15, 0.2) is 69.7 Å². The number of carbonyl (C=O) groups is 2. The molecule has 7 nitrogen and oxygen atoms in total. The number of allylic oxidation sites excluding steroid dienone is 2. The maximum Gasteiger partial charge on any atom is 0.455 e. The second-order valence-electron chi connectivity index (χ2n) is 13.5. The third kappa shape index (κ3) is 6.94. The molecule has 2 aromatic carbocycles. The fraction of sp³-hybridized carbons (Fsp3) is 0.514. The Labute approximate surface area is 282 Å². The Balaban J connectivity index is 1.18. The molecule has 0 unspecified atom stereocenters. The van der Waals surface area contributed by atoms with E-state index in [4.69, 9.17) is 4.65 Å². The molecule has 0 aromatic heterocycles. The van der Waals surface area contributed by atoms with Gasteiger partial charge in [0.1, 0.15) is 5.75 Å². The van der Waals surface area contributed by atoms with Gasteiger partial charge in [-0.3, -0.25) is 19.4 Å². The minimum atomic E-state index is -0.971. The maximum atomic E-state index is 14.2. The van der Waals surface area contributed by atoms with Crippen molar-refractivity contribution in [2.24, 2.45) is 17.8 Å². The Morgan fingerprint density at radius 2 is 1.80 bits per heavy atom. The minimum absolute atomic E-state index is 0.0129. The molecule has 1 aliphatic carbocycles. The Morgan fingerprint density at radius 1 is 1.04 bits per heavy atom. The lowest BCUT2D eigenvalue weighted by Crippen LogP contribution is -2.48. The summed E-state index contributed by atoms with van der Waals surface area (Å²) in [6.45, 7) is 6.88. The van der Waals surface area contributed by atoms with Gasteiger partial charge < -0.3 is 14.8 Å². The Morgan fingerprint density at radius 3 is 2.52 bits per heavy atom. The number of piperidine rings is 1. The van der Waals surface area contributed by atoms with Crippen molar-refractivity contribution in [3.05, 3.63) is 80.8 Å². The van der Waals surface area contributed by atoms with E-state index < -0.39 is 13.0 Å². The number of halogens is 1. The van der Waals surface area contributed by atoms with Gasteiger partial charge in [0.25, 0.3) is 0 Å². The highest BCUT2D eigenvalue weighted by Crippen LogP contribution is 2.52. The molecular weight excluding hydrogens is 643 g/mol. The number of hydrogen-bond acceptors (Lipinski definition) is 6. The molecule has 6 rings (SSSR count). The van der Waals surface area contributed by atoms with Gasteiger partial charge in [-0.25, -0.2) is 0 Å². The molecule has 3 saturated heterocycles. The number of imide groups is 1. The van der Waals surface area contributed by atoms with Crippen molar-refractivity contribution in [2.75, 3.05) is 13.1 Å². The predicted octanol–water partition coefficient (Wildman–Crippen LogP) is 6.99. The molecule has 4 aliphatic rings. The van der Waals surface area contributed by atoms with Crippen LogP contribution in [0.2, 0.25) is 6.32 Å². The Bertz CT molecular complexity index is 1490. The second-order valence-corrected chi connectivity index (χ2v) is 14.4. The van der Waals surface area contributed by atoms with Crippen LogP contribution in [0.1, 0.15) is 76.3 Å². The van der Waals surface area contributed by atoms with E-state index in [9.17, 15) is 19.7 Å². The summed E-state index contributed by atoms with van der Waals surface area (Å²) in [5.41, 5.74) is 5.63. The molecule has 9 heteroatoms. The molecule has 0 radical (unpaired) electrons. The van der Waals surface area contributed by atoms with Gasteiger partial charge >= 0.3 is 7.12 Å². The summed E-state index contributed by atoms with van der Waals surface area (Å²) in [7, 11) is -0.971. The number of benzene rings is 2. The van der Waals surface area contributed by atoms with Gasteiger partial charge in [0.2, 0.25) is 11.8 Å². The fourth-order valence-electron chi connectivity index (χ4n) is 8.43. The first kappa shape index (κ1) is 33.2.